The van der Waals surface area contributed by atoms with Gasteiger partial charge in [0.15, 0.2) is 5.96 Å². The first kappa shape index (κ1) is 20.0. The number of amides is 1. The fourth-order valence-corrected chi connectivity index (χ4v) is 1.88. The van der Waals surface area contributed by atoms with E-state index >= 15 is 0 Å². The Labute approximate surface area is 144 Å². The van der Waals surface area contributed by atoms with Crippen molar-refractivity contribution in [2.45, 2.75) is 39.7 Å². The lowest BCUT2D eigenvalue weighted by Gasteiger charge is -2.11. The van der Waals surface area contributed by atoms with Gasteiger partial charge in [0.1, 0.15) is 12.3 Å². The monoisotopic (exact) mass is 338 g/mol. The molecule has 0 saturated heterocycles. The third-order valence-electron chi connectivity index (χ3n) is 3.17. The maximum Gasteiger partial charge on any atom is 0.242 e. The van der Waals surface area contributed by atoms with Crippen LogP contribution in [0.2, 0.25) is 0 Å². The van der Waals surface area contributed by atoms with E-state index in [1.165, 1.54) is 0 Å². The van der Waals surface area contributed by atoms with Crippen molar-refractivity contribution in [2.24, 2.45) is 4.99 Å². The van der Waals surface area contributed by atoms with E-state index in [9.17, 15) is 4.79 Å². The molecule has 0 unspecified atom stereocenters. The van der Waals surface area contributed by atoms with Crippen molar-refractivity contribution < 1.29 is 13.9 Å². The van der Waals surface area contributed by atoms with Crippen molar-refractivity contribution in [3.05, 3.63) is 24.2 Å². The third-order valence-corrected chi connectivity index (χ3v) is 3.17. The molecule has 0 aromatic carbocycles. The van der Waals surface area contributed by atoms with Crippen molar-refractivity contribution in [1.82, 2.24) is 16.0 Å². The van der Waals surface area contributed by atoms with E-state index in [1.54, 1.807) is 12.3 Å². The van der Waals surface area contributed by atoms with Crippen LogP contribution in [0.25, 0.3) is 0 Å². The molecule has 0 atom stereocenters. The van der Waals surface area contributed by atoms with Crippen molar-refractivity contribution in [1.29, 1.82) is 0 Å². The zero-order valence-electron chi connectivity index (χ0n) is 14.8. The second kappa shape index (κ2) is 13.4. The summed E-state index contributed by atoms with van der Waals surface area (Å²) in [6.45, 7) is 7.63. The van der Waals surface area contributed by atoms with E-state index in [4.69, 9.17) is 9.15 Å². The molecule has 24 heavy (non-hydrogen) atoms. The molecule has 136 valence electrons. The van der Waals surface area contributed by atoms with Gasteiger partial charge in [-0.05, 0) is 31.9 Å². The molecule has 0 spiro atoms. The van der Waals surface area contributed by atoms with Crippen LogP contribution in [-0.4, -0.2) is 44.7 Å². The Kier molecular flexibility index (Phi) is 11.2. The number of carbonyl (C=O) groups is 1. The van der Waals surface area contributed by atoms with E-state index in [-0.39, 0.29) is 12.5 Å². The summed E-state index contributed by atoms with van der Waals surface area (Å²) in [7, 11) is 0. The molecule has 0 saturated carbocycles. The zero-order valence-corrected chi connectivity index (χ0v) is 14.8. The number of unbranched alkanes of at least 4 members (excludes halogenated alkanes) is 1. The number of guanidine groups is 1. The summed E-state index contributed by atoms with van der Waals surface area (Å²) < 4.78 is 10.7. The average Bonchev–Trinajstić information content (AvgIpc) is 3.10. The molecular formula is C17H30N4O3. The molecule has 7 heteroatoms. The molecule has 1 amide bonds. The lowest BCUT2D eigenvalue weighted by Crippen LogP contribution is -2.39. The Morgan fingerprint density at radius 2 is 2.04 bits per heavy atom. The van der Waals surface area contributed by atoms with Crippen LogP contribution in [0.5, 0.6) is 0 Å². The lowest BCUT2D eigenvalue weighted by molar-refractivity contribution is -0.119. The van der Waals surface area contributed by atoms with Crippen LogP contribution in [0.3, 0.4) is 0 Å². The summed E-state index contributed by atoms with van der Waals surface area (Å²) in [4.78, 5) is 16.1. The number of hydrogen-bond donors (Lipinski definition) is 3. The summed E-state index contributed by atoms with van der Waals surface area (Å²) in [5, 5.41) is 9.08. The topological polar surface area (TPSA) is 87.9 Å². The quantitative estimate of drug-likeness (QED) is 0.306. The van der Waals surface area contributed by atoms with Crippen LogP contribution in [0, 0.1) is 0 Å². The van der Waals surface area contributed by atoms with Crippen LogP contribution < -0.4 is 16.0 Å². The van der Waals surface area contributed by atoms with Crippen molar-refractivity contribution >= 4 is 11.9 Å². The van der Waals surface area contributed by atoms with Gasteiger partial charge in [0, 0.05) is 26.3 Å². The standard InChI is InChI=1S/C17H30N4O3/c1-3-5-10-23-11-7-9-19-17(18-4-2)21-14-16(22)20-13-15-8-6-12-24-15/h6,8,12H,3-5,7,9-11,13-14H2,1-2H3,(H,20,22)(H2,18,19,21). The van der Waals surface area contributed by atoms with Gasteiger partial charge >= 0.3 is 0 Å². The molecule has 1 heterocycles. The Balaban J connectivity index is 2.19. The largest absolute Gasteiger partial charge is 0.467 e. The molecule has 0 radical (unpaired) electrons. The van der Waals surface area contributed by atoms with Crippen molar-refractivity contribution in [3.63, 3.8) is 0 Å². The first-order valence-corrected chi connectivity index (χ1v) is 8.65. The maximum absolute atomic E-state index is 11.8. The number of aliphatic imine (C=N–C) groups is 1. The number of nitrogens with zero attached hydrogens (tertiary/aromatic N) is 1. The minimum atomic E-state index is -0.147. The van der Waals surface area contributed by atoms with E-state index in [0.717, 1.165) is 51.3 Å². The van der Waals surface area contributed by atoms with E-state index in [1.807, 2.05) is 13.0 Å². The summed E-state index contributed by atoms with van der Waals surface area (Å²) in [6, 6.07) is 3.61. The average molecular weight is 338 g/mol. The molecule has 1 rings (SSSR count). The highest BCUT2D eigenvalue weighted by atomic mass is 16.5. The Hall–Kier alpha value is -2.02. The molecule has 0 bridgehead atoms. The van der Waals surface area contributed by atoms with Crippen molar-refractivity contribution in [2.75, 3.05) is 32.8 Å². The highest BCUT2D eigenvalue weighted by Gasteiger charge is 2.03. The van der Waals surface area contributed by atoms with Gasteiger partial charge in [-0.2, -0.15) is 0 Å². The highest BCUT2D eigenvalue weighted by Crippen LogP contribution is 1.98. The number of carbonyl (C=O) groups excluding carboxylic acids is 1. The zero-order chi connectivity index (χ0) is 17.5. The van der Waals surface area contributed by atoms with Crippen LogP contribution in [0.15, 0.2) is 27.8 Å². The van der Waals surface area contributed by atoms with Crippen LogP contribution >= 0.6 is 0 Å². The molecule has 0 aliphatic heterocycles. The third kappa shape index (κ3) is 9.89. The summed E-state index contributed by atoms with van der Waals surface area (Å²) >= 11 is 0. The first-order chi connectivity index (χ1) is 11.8. The Morgan fingerprint density at radius 3 is 2.75 bits per heavy atom. The first-order valence-electron chi connectivity index (χ1n) is 8.65. The van der Waals surface area contributed by atoms with E-state index in [2.05, 4.69) is 27.9 Å². The molecular weight excluding hydrogens is 308 g/mol. The van der Waals surface area contributed by atoms with Gasteiger partial charge in [-0.15, -0.1) is 0 Å². The molecule has 7 nitrogen and oxygen atoms in total. The summed E-state index contributed by atoms with van der Waals surface area (Å²) in [6.07, 6.45) is 4.74. The number of ether oxygens (including phenoxy) is 1. The smallest absolute Gasteiger partial charge is 0.242 e. The Morgan fingerprint density at radius 1 is 1.21 bits per heavy atom. The molecule has 3 N–H and O–H groups in total. The SMILES string of the molecule is CCCCOCCCNC(=NCC(=O)NCc1ccco1)NCC. The lowest BCUT2D eigenvalue weighted by atomic mass is 10.4. The van der Waals surface area contributed by atoms with E-state index in [0.29, 0.717) is 12.5 Å². The molecule has 0 fully saturated rings. The van der Waals surface area contributed by atoms with Gasteiger partial charge < -0.3 is 25.1 Å². The second-order valence-corrected chi connectivity index (χ2v) is 5.30. The van der Waals surface area contributed by atoms with E-state index < -0.39 is 0 Å². The molecule has 1 aromatic heterocycles. The highest BCUT2D eigenvalue weighted by molar-refractivity contribution is 5.84. The predicted octanol–water partition coefficient (Wildman–Crippen LogP) is 1.66. The normalized spacial score (nSPS) is 11.3. The molecule has 1 aromatic rings. The van der Waals surface area contributed by atoms with Gasteiger partial charge in [-0.3, -0.25) is 4.79 Å². The van der Waals surface area contributed by atoms with Gasteiger partial charge in [-0.1, -0.05) is 13.3 Å². The van der Waals surface area contributed by atoms with Crippen LogP contribution in [0.4, 0.5) is 0 Å². The van der Waals surface area contributed by atoms with Crippen LogP contribution in [0.1, 0.15) is 38.9 Å². The number of nitrogens with one attached hydrogen (secondary N) is 3. The van der Waals surface area contributed by atoms with Gasteiger partial charge in [0.05, 0.1) is 12.8 Å². The second-order valence-electron chi connectivity index (χ2n) is 5.30. The number of rotatable bonds is 12. The van der Waals surface area contributed by atoms with Gasteiger partial charge in [-0.25, -0.2) is 4.99 Å². The summed E-state index contributed by atoms with van der Waals surface area (Å²) in [5.41, 5.74) is 0. The summed E-state index contributed by atoms with van der Waals surface area (Å²) in [5.74, 6) is 1.21. The Bertz CT molecular complexity index is 460. The molecule has 0 aliphatic rings. The predicted molar refractivity (Wildman–Crippen MR) is 94.9 cm³/mol. The minimum Gasteiger partial charge on any atom is -0.467 e. The number of furan rings is 1. The van der Waals surface area contributed by atoms with Crippen molar-refractivity contribution in [3.8, 4) is 0 Å². The fourth-order valence-electron chi connectivity index (χ4n) is 1.88. The van der Waals surface area contributed by atoms with Gasteiger partial charge in [0.25, 0.3) is 0 Å². The number of hydrogen-bond acceptors (Lipinski definition) is 4. The van der Waals surface area contributed by atoms with Crippen LogP contribution in [-0.2, 0) is 16.1 Å². The fraction of sp³-hybridized carbons (Fsp3) is 0.647. The molecule has 0 aliphatic carbocycles. The minimum absolute atomic E-state index is 0.0725. The van der Waals surface area contributed by atoms with Gasteiger partial charge in [0.2, 0.25) is 5.91 Å². The maximum atomic E-state index is 11.8.